The molecule has 0 fully saturated rings. The Hall–Kier alpha value is -4.66. The van der Waals surface area contributed by atoms with Crippen molar-refractivity contribution >= 4 is 57.2 Å². The van der Waals surface area contributed by atoms with Crippen LogP contribution >= 0.6 is 23.2 Å². The molecule has 0 saturated carbocycles. The molecule has 8 nitrogen and oxygen atoms in total. The van der Waals surface area contributed by atoms with Crippen molar-refractivity contribution in [3.63, 3.8) is 0 Å². The maximum atomic E-state index is 11.2. The van der Waals surface area contributed by atoms with E-state index in [4.69, 9.17) is 33.4 Å². The highest BCUT2D eigenvalue weighted by molar-refractivity contribution is 6.30. The summed E-state index contributed by atoms with van der Waals surface area (Å²) in [6.45, 7) is 0. The van der Waals surface area contributed by atoms with E-state index in [1.54, 1.807) is 0 Å². The summed E-state index contributed by atoms with van der Waals surface area (Å²) in [7, 11) is 0. The number of aromatic amines is 2. The van der Waals surface area contributed by atoms with Crippen LogP contribution in [0.4, 0.5) is 0 Å². The lowest BCUT2D eigenvalue weighted by atomic mass is 10.1. The second-order valence-corrected chi connectivity index (χ2v) is 9.92. The van der Waals surface area contributed by atoms with Crippen LogP contribution in [0.3, 0.4) is 0 Å². The highest BCUT2D eigenvalue weighted by atomic mass is 35.5. The molecule has 200 valence electrons. The maximum absolute atomic E-state index is 11.2. The number of nitrogens with zero attached hydrogens (tertiary/aromatic N) is 2. The molecule has 6 aromatic rings. The predicted octanol–water partition coefficient (Wildman–Crippen LogP) is 7.01. The minimum absolute atomic E-state index is 0.229. The molecule has 0 spiro atoms. The minimum Gasteiger partial charge on any atom is -0.478 e. The lowest BCUT2D eigenvalue weighted by Crippen LogP contribution is -1.97. The number of aromatic carboxylic acids is 2. The molecular formula is C30H22Cl2N4O4. The molecule has 4 N–H and O–H groups in total. The molecule has 0 saturated heterocycles. The van der Waals surface area contributed by atoms with Crippen molar-refractivity contribution < 1.29 is 19.8 Å². The third-order valence-corrected chi connectivity index (χ3v) is 6.65. The van der Waals surface area contributed by atoms with Gasteiger partial charge in [-0.25, -0.2) is 9.59 Å². The number of H-pyrrole nitrogens is 2. The van der Waals surface area contributed by atoms with Gasteiger partial charge in [-0.3, -0.25) is 9.97 Å². The first-order chi connectivity index (χ1) is 19.3. The van der Waals surface area contributed by atoms with Crippen LogP contribution in [0, 0.1) is 0 Å². The number of hydrogen-bond acceptors (Lipinski definition) is 4. The van der Waals surface area contributed by atoms with Crippen molar-refractivity contribution in [3.05, 3.63) is 129 Å². The van der Waals surface area contributed by atoms with Gasteiger partial charge in [-0.1, -0.05) is 47.5 Å². The number of fused-ring (bicyclic) bond motifs is 2. The number of carbonyl (C=O) groups is 2. The van der Waals surface area contributed by atoms with E-state index >= 15 is 0 Å². The smallest absolute Gasteiger partial charge is 0.337 e. The number of halogens is 2. The van der Waals surface area contributed by atoms with Gasteiger partial charge >= 0.3 is 11.9 Å². The molecule has 0 aliphatic carbocycles. The van der Waals surface area contributed by atoms with Crippen molar-refractivity contribution in [2.24, 2.45) is 0 Å². The largest absolute Gasteiger partial charge is 0.478 e. The van der Waals surface area contributed by atoms with Crippen molar-refractivity contribution in [3.8, 4) is 0 Å². The van der Waals surface area contributed by atoms with Gasteiger partial charge in [-0.2, -0.15) is 0 Å². The molecule has 0 aliphatic rings. The van der Waals surface area contributed by atoms with E-state index in [0.29, 0.717) is 45.0 Å². The number of carboxylic acids is 2. The number of hydrogen-bond donors (Lipinski definition) is 4. The molecule has 0 aliphatic heterocycles. The van der Waals surface area contributed by atoms with Crippen molar-refractivity contribution in [1.29, 1.82) is 0 Å². The summed E-state index contributed by atoms with van der Waals surface area (Å²) in [5, 5.41) is 19.7. The van der Waals surface area contributed by atoms with Crippen LogP contribution in [-0.4, -0.2) is 42.1 Å². The van der Waals surface area contributed by atoms with Gasteiger partial charge in [-0.15, -0.1) is 0 Å². The van der Waals surface area contributed by atoms with Gasteiger partial charge in [-0.05, 0) is 59.7 Å². The van der Waals surface area contributed by atoms with Crippen LogP contribution in [0.2, 0.25) is 10.0 Å². The molecular weight excluding hydrogens is 551 g/mol. The maximum Gasteiger partial charge on any atom is 0.337 e. The number of rotatable bonds is 6. The monoisotopic (exact) mass is 572 g/mol. The second-order valence-electron chi connectivity index (χ2n) is 9.05. The summed E-state index contributed by atoms with van der Waals surface area (Å²) >= 11 is 11.9. The number of benzene rings is 2. The van der Waals surface area contributed by atoms with Gasteiger partial charge in [0.25, 0.3) is 0 Å². The molecule has 40 heavy (non-hydrogen) atoms. The first-order valence-electron chi connectivity index (χ1n) is 12.2. The number of aromatic nitrogens is 4. The summed E-state index contributed by atoms with van der Waals surface area (Å²) in [6, 6.07) is 21.9. The fraction of sp³-hybridized carbons (Fsp3) is 0.0667. The molecule has 0 atom stereocenters. The number of pyridine rings is 2. The highest BCUT2D eigenvalue weighted by Crippen LogP contribution is 2.22. The normalized spacial score (nSPS) is 10.8. The van der Waals surface area contributed by atoms with Gasteiger partial charge in [0.2, 0.25) is 0 Å². The van der Waals surface area contributed by atoms with E-state index in [-0.39, 0.29) is 11.1 Å². The fourth-order valence-corrected chi connectivity index (χ4v) is 4.87. The quantitative estimate of drug-likeness (QED) is 0.170. The van der Waals surface area contributed by atoms with Crippen LogP contribution in [0.1, 0.15) is 43.2 Å². The first kappa shape index (κ1) is 26.9. The molecule has 4 heterocycles. The summed E-state index contributed by atoms with van der Waals surface area (Å²) in [6.07, 6.45) is 4.30. The highest BCUT2D eigenvalue weighted by Gasteiger charge is 2.13. The Kier molecular flexibility index (Phi) is 7.82. The Labute approximate surface area is 238 Å². The zero-order valence-electron chi connectivity index (χ0n) is 20.9. The van der Waals surface area contributed by atoms with Crippen LogP contribution in [0.25, 0.3) is 22.1 Å². The predicted molar refractivity (Wildman–Crippen MR) is 155 cm³/mol. The molecule has 2 aromatic carbocycles. The topological polar surface area (TPSA) is 132 Å². The third kappa shape index (κ3) is 6.14. The zero-order chi connectivity index (χ0) is 28.2. The molecule has 0 bridgehead atoms. The number of carboxylic acid groups (broad SMARTS) is 2. The average molecular weight is 573 g/mol. The van der Waals surface area contributed by atoms with E-state index in [2.05, 4.69) is 19.9 Å². The van der Waals surface area contributed by atoms with Gasteiger partial charge in [0, 0.05) is 46.7 Å². The lowest BCUT2D eigenvalue weighted by molar-refractivity contribution is 0.0688. The summed E-state index contributed by atoms with van der Waals surface area (Å²) in [4.78, 5) is 36.9. The van der Waals surface area contributed by atoms with Crippen LogP contribution < -0.4 is 0 Å². The zero-order valence-corrected chi connectivity index (χ0v) is 22.4. The minimum atomic E-state index is -0.964. The van der Waals surface area contributed by atoms with Crippen molar-refractivity contribution in [1.82, 2.24) is 19.9 Å². The number of nitrogens with one attached hydrogen (secondary N) is 2. The molecule has 10 heteroatoms. The van der Waals surface area contributed by atoms with Crippen molar-refractivity contribution in [2.75, 3.05) is 0 Å². The Morgan fingerprint density at radius 1 is 0.650 bits per heavy atom. The van der Waals surface area contributed by atoms with Crippen LogP contribution in [0.15, 0.2) is 85.2 Å². The Morgan fingerprint density at radius 3 is 1.45 bits per heavy atom. The second kappa shape index (κ2) is 11.6. The fourth-order valence-electron chi connectivity index (χ4n) is 4.44. The van der Waals surface area contributed by atoms with Gasteiger partial charge in [0.05, 0.1) is 33.2 Å². The molecule has 0 amide bonds. The van der Waals surface area contributed by atoms with E-state index < -0.39 is 11.9 Å². The van der Waals surface area contributed by atoms with Crippen molar-refractivity contribution in [2.45, 2.75) is 12.8 Å². The molecule has 0 radical (unpaired) electrons. The van der Waals surface area contributed by atoms with E-state index in [1.807, 2.05) is 60.7 Å². The Bertz CT molecular complexity index is 1730. The van der Waals surface area contributed by atoms with E-state index in [0.717, 1.165) is 22.5 Å². The third-order valence-electron chi connectivity index (χ3n) is 6.18. The summed E-state index contributed by atoms with van der Waals surface area (Å²) in [5.41, 5.74) is 6.80. The summed E-state index contributed by atoms with van der Waals surface area (Å²) in [5.74, 6) is -1.93. The van der Waals surface area contributed by atoms with E-state index in [1.165, 1.54) is 24.5 Å². The standard InChI is InChI=1S/2C15H11ClN2O2/c2*16-10-3-1-2-9(6-10)7-11-8-13-14(18-11)12(15(19)20)4-5-17-13/h2*1-6,8,18H,7H2,(H,19,20). The summed E-state index contributed by atoms with van der Waals surface area (Å²) < 4.78 is 0. The van der Waals surface area contributed by atoms with E-state index in [9.17, 15) is 9.59 Å². The Balaban J connectivity index is 0.000000161. The van der Waals surface area contributed by atoms with Gasteiger partial charge < -0.3 is 20.2 Å². The van der Waals surface area contributed by atoms with Crippen LogP contribution in [0.5, 0.6) is 0 Å². The lowest BCUT2D eigenvalue weighted by Gasteiger charge is -1.99. The Morgan fingerprint density at radius 2 is 1.07 bits per heavy atom. The molecule has 6 rings (SSSR count). The van der Waals surface area contributed by atoms with Gasteiger partial charge in [0.1, 0.15) is 0 Å². The SMILES string of the molecule is O=C(O)c1ccnc2cc(Cc3cccc(Cl)c3)[nH]c12.O=C(O)c1ccnc2cc(Cc3cccc(Cl)c3)[nH]c12. The first-order valence-corrected chi connectivity index (χ1v) is 12.9. The van der Waals surface area contributed by atoms with Crippen LogP contribution in [-0.2, 0) is 12.8 Å². The molecule has 0 unspecified atom stereocenters. The molecule has 4 aromatic heterocycles. The van der Waals surface area contributed by atoms with Gasteiger partial charge in [0.15, 0.2) is 0 Å². The average Bonchev–Trinajstić information content (AvgIpc) is 3.51.